The van der Waals surface area contributed by atoms with Crippen molar-refractivity contribution in [1.82, 2.24) is 0 Å². The smallest absolute Gasteiger partial charge is 0.367 e. The van der Waals surface area contributed by atoms with Gasteiger partial charge in [0, 0.05) is 0 Å². The van der Waals surface area contributed by atoms with E-state index in [2.05, 4.69) is 0 Å². The van der Waals surface area contributed by atoms with Crippen molar-refractivity contribution in [1.29, 1.82) is 0 Å². The van der Waals surface area contributed by atoms with E-state index in [-0.39, 0.29) is 0 Å². The Bertz CT molecular complexity index is 80.1. The number of halogens is 1. The summed E-state index contributed by atoms with van der Waals surface area (Å²) < 4.78 is 18.1. The van der Waals surface area contributed by atoms with Crippen molar-refractivity contribution in [3.05, 3.63) is 0 Å². The second-order valence-corrected chi connectivity index (χ2v) is 11.3. The van der Waals surface area contributed by atoms with Gasteiger partial charge in [0.25, 0.3) is 0 Å². The molecule has 0 saturated carbocycles. The fourth-order valence-electron chi connectivity index (χ4n) is 0.728. The summed E-state index contributed by atoms with van der Waals surface area (Å²) in [6.45, 7) is 9.15. The van der Waals surface area contributed by atoms with Gasteiger partial charge in [-0.1, -0.05) is 0 Å². The lowest BCUT2D eigenvalue weighted by Crippen LogP contribution is -2.38. The highest BCUT2D eigenvalue weighted by atomic mass is 28.5. The molecule has 0 radical (unpaired) electrons. The molecule has 0 amide bonds. The van der Waals surface area contributed by atoms with Gasteiger partial charge in [-0.25, -0.2) is 0 Å². The molecule has 0 aromatic carbocycles. The Balaban J connectivity index is 3.75. The molecule has 0 aromatic heterocycles. The molecule has 9 heavy (non-hydrogen) atoms. The van der Waals surface area contributed by atoms with Gasteiger partial charge in [-0.05, 0) is 32.7 Å². The van der Waals surface area contributed by atoms with Crippen molar-refractivity contribution in [3.8, 4) is 0 Å². The van der Waals surface area contributed by atoms with Crippen LogP contribution in [0.15, 0.2) is 0 Å². The molecule has 0 rings (SSSR count). The Morgan fingerprint density at radius 3 is 1.33 bits per heavy atom. The van der Waals surface area contributed by atoms with Crippen molar-refractivity contribution in [2.75, 3.05) is 0 Å². The molecule has 0 heterocycles. The zero-order valence-corrected chi connectivity index (χ0v) is 8.79. The van der Waals surface area contributed by atoms with Gasteiger partial charge in [0.15, 0.2) is 8.32 Å². The van der Waals surface area contributed by atoms with Crippen molar-refractivity contribution in [2.24, 2.45) is 0 Å². The van der Waals surface area contributed by atoms with Crippen LogP contribution in [-0.2, 0) is 4.12 Å². The molecule has 0 saturated heterocycles. The monoisotopic (exact) mass is 166 g/mol. The Morgan fingerprint density at radius 1 is 1.00 bits per heavy atom. The molecule has 0 aliphatic carbocycles. The fraction of sp³-hybridized carbons (Fsp3) is 1.00. The number of hydrogen-bond donors (Lipinski definition) is 0. The standard InChI is InChI=1S/C5H15FOSi2/c1-8(2,3)7-9(4,5)6/h1-5H3. The van der Waals surface area contributed by atoms with E-state index in [0.717, 1.165) is 0 Å². The predicted molar refractivity (Wildman–Crippen MR) is 43.0 cm³/mol. The quantitative estimate of drug-likeness (QED) is 0.452. The second kappa shape index (κ2) is 2.51. The van der Waals surface area contributed by atoms with Gasteiger partial charge < -0.3 is 4.12 Å². The third-order valence-electron chi connectivity index (χ3n) is 0.549. The van der Waals surface area contributed by atoms with E-state index in [4.69, 9.17) is 4.12 Å². The molecule has 4 heteroatoms. The molecular weight excluding hydrogens is 151 g/mol. The maximum Gasteiger partial charge on any atom is 0.367 e. The first-order valence-electron chi connectivity index (χ1n) is 3.10. The summed E-state index contributed by atoms with van der Waals surface area (Å²) in [6, 6.07) is 0. The van der Waals surface area contributed by atoms with Gasteiger partial charge >= 0.3 is 8.65 Å². The van der Waals surface area contributed by atoms with Crippen molar-refractivity contribution in [2.45, 2.75) is 32.7 Å². The van der Waals surface area contributed by atoms with Crippen LogP contribution >= 0.6 is 0 Å². The topological polar surface area (TPSA) is 9.23 Å². The van der Waals surface area contributed by atoms with E-state index in [0.29, 0.717) is 0 Å². The normalized spacial score (nSPS) is 14.0. The molecule has 0 fully saturated rings. The highest BCUT2D eigenvalue weighted by Gasteiger charge is 2.29. The maximum absolute atomic E-state index is 12.8. The lowest BCUT2D eigenvalue weighted by molar-refractivity contribution is 0.476. The highest BCUT2D eigenvalue weighted by molar-refractivity contribution is 6.81. The van der Waals surface area contributed by atoms with E-state index in [9.17, 15) is 4.11 Å². The Morgan fingerprint density at radius 2 is 1.33 bits per heavy atom. The average molecular weight is 166 g/mol. The summed E-state index contributed by atoms with van der Waals surface area (Å²) in [6.07, 6.45) is 0. The van der Waals surface area contributed by atoms with Gasteiger partial charge in [-0.15, -0.1) is 0 Å². The minimum Gasteiger partial charge on any atom is -0.433 e. The van der Waals surface area contributed by atoms with Crippen LogP contribution in [0.1, 0.15) is 0 Å². The van der Waals surface area contributed by atoms with Gasteiger partial charge in [0.2, 0.25) is 0 Å². The molecule has 0 unspecified atom stereocenters. The van der Waals surface area contributed by atoms with E-state index in [1.54, 1.807) is 13.1 Å². The Kier molecular flexibility index (Phi) is 2.61. The molecule has 0 bridgehead atoms. The Hall–Kier alpha value is 0.324. The molecule has 0 spiro atoms. The summed E-state index contributed by atoms with van der Waals surface area (Å²) in [5, 5.41) is 0. The summed E-state index contributed by atoms with van der Waals surface area (Å²) >= 11 is 0. The molecular formula is C5H15FOSi2. The first-order valence-corrected chi connectivity index (χ1v) is 9.29. The summed E-state index contributed by atoms with van der Waals surface area (Å²) in [4.78, 5) is 0. The van der Waals surface area contributed by atoms with Crippen LogP contribution in [0.25, 0.3) is 0 Å². The second-order valence-electron chi connectivity index (χ2n) is 3.58. The van der Waals surface area contributed by atoms with Crippen molar-refractivity contribution in [3.63, 3.8) is 0 Å². The first-order chi connectivity index (χ1) is 3.71. The van der Waals surface area contributed by atoms with Gasteiger partial charge in [-0.2, -0.15) is 0 Å². The lowest BCUT2D eigenvalue weighted by atomic mass is 11.8. The highest BCUT2D eigenvalue weighted by Crippen LogP contribution is 2.13. The van der Waals surface area contributed by atoms with E-state index >= 15 is 0 Å². The molecule has 0 aliphatic rings. The zero-order valence-electron chi connectivity index (χ0n) is 6.79. The molecule has 0 atom stereocenters. The molecule has 1 nitrogen and oxygen atoms in total. The molecule has 56 valence electrons. The van der Waals surface area contributed by atoms with Gasteiger partial charge in [0.05, 0.1) is 0 Å². The minimum absolute atomic E-state index is 1.57. The average Bonchev–Trinajstić information content (AvgIpc) is 1.14. The summed E-state index contributed by atoms with van der Waals surface area (Å²) in [7, 11) is -4.34. The van der Waals surface area contributed by atoms with Crippen molar-refractivity contribution < 1.29 is 8.22 Å². The predicted octanol–water partition coefficient (Wildman–Crippen LogP) is 2.51. The largest absolute Gasteiger partial charge is 0.433 e. The van der Waals surface area contributed by atoms with E-state index in [1.807, 2.05) is 19.6 Å². The van der Waals surface area contributed by atoms with Crippen LogP contribution in [-0.4, -0.2) is 17.0 Å². The van der Waals surface area contributed by atoms with Gasteiger partial charge in [0.1, 0.15) is 0 Å². The number of hydrogen-bond acceptors (Lipinski definition) is 1. The Labute approximate surface area is 58.7 Å². The van der Waals surface area contributed by atoms with Crippen LogP contribution in [0, 0.1) is 0 Å². The summed E-state index contributed by atoms with van der Waals surface area (Å²) in [5.74, 6) is 0. The third-order valence-corrected chi connectivity index (χ3v) is 4.94. The van der Waals surface area contributed by atoms with Gasteiger partial charge in [-0.3, -0.25) is 4.11 Å². The summed E-state index contributed by atoms with van der Waals surface area (Å²) in [5.41, 5.74) is 0. The van der Waals surface area contributed by atoms with Crippen LogP contribution < -0.4 is 0 Å². The molecule has 0 aliphatic heterocycles. The lowest BCUT2D eigenvalue weighted by Gasteiger charge is -2.23. The number of rotatable bonds is 2. The van der Waals surface area contributed by atoms with Crippen LogP contribution in [0.4, 0.5) is 4.11 Å². The fourth-order valence-corrected chi connectivity index (χ4v) is 6.55. The van der Waals surface area contributed by atoms with Crippen LogP contribution in [0.2, 0.25) is 32.7 Å². The first kappa shape index (κ1) is 9.32. The molecule has 0 N–H and O–H groups in total. The van der Waals surface area contributed by atoms with E-state index < -0.39 is 17.0 Å². The van der Waals surface area contributed by atoms with Crippen LogP contribution in [0.5, 0.6) is 0 Å². The zero-order chi connectivity index (χ0) is 7.71. The maximum atomic E-state index is 12.8. The SMILES string of the molecule is C[Si](C)(C)O[Si](C)(C)F. The van der Waals surface area contributed by atoms with Crippen LogP contribution in [0.3, 0.4) is 0 Å². The minimum atomic E-state index is -2.73. The molecule has 0 aromatic rings. The van der Waals surface area contributed by atoms with E-state index in [1.165, 1.54) is 0 Å². The third kappa shape index (κ3) is 8.32. The van der Waals surface area contributed by atoms with Crippen molar-refractivity contribution >= 4 is 17.0 Å².